The number of rotatable bonds is 4. The number of amidine groups is 1. The van der Waals surface area contributed by atoms with Crippen molar-refractivity contribution in [1.29, 1.82) is 0 Å². The van der Waals surface area contributed by atoms with E-state index in [0.717, 1.165) is 6.42 Å². The van der Waals surface area contributed by atoms with Crippen LogP contribution in [0, 0.1) is 10.8 Å². The fourth-order valence-corrected chi connectivity index (χ4v) is 3.24. The molecule has 0 aromatic carbocycles. The van der Waals surface area contributed by atoms with E-state index in [1.165, 1.54) is 0 Å². The van der Waals surface area contributed by atoms with E-state index in [9.17, 15) is 4.79 Å². The molecule has 0 spiro atoms. The molecule has 21 heavy (non-hydrogen) atoms. The summed E-state index contributed by atoms with van der Waals surface area (Å²) in [5, 5.41) is 15.1. The van der Waals surface area contributed by atoms with E-state index in [2.05, 4.69) is 24.3 Å². The third-order valence-corrected chi connectivity index (χ3v) is 5.15. The monoisotopic (exact) mass is 299 g/mol. The number of hydrogen-bond acceptors (Lipinski definition) is 5. The van der Waals surface area contributed by atoms with Gasteiger partial charge in [0, 0.05) is 31.8 Å². The number of oxime groups is 1. The number of carbonyl (C=O) groups is 1. The minimum atomic E-state index is -0.971. The van der Waals surface area contributed by atoms with E-state index >= 15 is 0 Å². The van der Waals surface area contributed by atoms with Crippen molar-refractivity contribution in [3.63, 3.8) is 0 Å². The number of hydrogen-bond donors (Lipinski definition) is 3. The van der Waals surface area contributed by atoms with Crippen molar-refractivity contribution in [3.05, 3.63) is 0 Å². The second-order valence-electron chi connectivity index (χ2n) is 6.49. The average molecular weight is 299 g/mol. The van der Waals surface area contributed by atoms with Crippen LogP contribution in [0.2, 0.25) is 0 Å². The second-order valence-corrected chi connectivity index (χ2v) is 6.49. The lowest BCUT2D eigenvalue weighted by atomic mass is 9.64. The minimum Gasteiger partial charge on any atom is -0.409 e. The van der Waals surface area contributed by atoms with Gasteiger partial charge in [0.05, 0.1) is 6.10 Å². The topological polar surface area (TPSA) is 106 Å². The Morgan fingerprint density at radius 2 is 2.05 bits per heavy atom. The van der Waals surface area contributed by atoms with Crippen molar-refractivity contribution >= 4 is 11.7 Å². The molecule has 7 heteroatoms. The molecule has 120 valence electrons. The van der Waals surface area contributed by atoms with Crippen LogP contribution in [0.5, 0.6) is 0 Å². The van der Waals surface area contributed by atoms with E-state index in [0.29, 0.717) is 26.1 Å². The van der Waals surface area contributed by atoms with E-state index in [-0.39, 0.29) is 29.3 Å². The summed E-state index contributed by atoms with van der Waals surface area (Å²) >= 11 is 0. The highest BCUT2D eigenvalue weighted by Crippen LogP contribution is 2.43. The maximum absolute atomic E-state index is 12.7. The molecule has 1 saturated carbocycles. The normalized spacial score (nSPS) is 31.3. The molecule has 2 atom stereocenters. The summed E-state index contributed by atoms with van der Waals surface area (Å²) in [6, 6.07) is 0.0289. The lowest BCUT2D eigenvalue weighted by molar-refractivity contribution is -0.142. The van der Waals surface area contributed by atoms with Gasteiger partial charge < -0.3 is 25.7 Å². The first kappa shape index (κ1) is 16.0. The fraction of sp³-hybridized carbons (Fsp3) is 0.857. The molecule has 0 aromatic rings. The number of nitrogens with two attached hydrogens (primary N) is 1. The van der Waals surface area contributed by atoms with Crippen molar-refractivity contribution < 1.29 is 19.5 Å². The summed E-state index contributed by atoms with van der Waals surface area (Å²) in [7, 11) is 1.68. The van der Waals surface area contributed by atoms with E-state index in [4.69, 9.17) is 20.4 Å². The number of ether oxygens (including phenoxy) is 2. The van der Waals surface area contributed by atoms with Gasteiger partial charge in [0.15, 0.2) is 5.84 Å². The van der Waals surface area contributed by atoms with Gasteiger partial charge in [0.25, 0.3) is 0 Å². The number of amides is 1. The first-order valence-electron chi connectivity index (χ1n) is 7.28. The molecular formula is C14H25N3O4. The van der Waals surface area contributed by atoms with Crippen molar-refractivity contribution in [2.75, 3.05) is 20.3 Å². The van der Waals surface area contributed by atoms with Crippen molar-refractivity contribution in [3.8, 4) is 0 Å². The van der Waals surface area contributed by atoms with E-state index in [1.54, 1.807) is 7.11 Å². The van der Waals surface area contributed by atoms with Crippen molar-refractivity contribution in [2.24, 2.45) is 21.7 Å². The molecule has 1 amide bonds. The summed E-state index contributed by atoms with van der Waals surface area (Å²) in [6.45, 7) is 4.99. The van der Waals surface area contributed by atoms with Crippen LogP contribution in [0.15, 0.2) is 5.16 Å². The molecule has 2 rings (SSSR count). The lowest BCUT2D eigenvalue weighted by Gasteiger charge is -2.52. The zero-order chi connectivity index (χ0) is 15.7. The second kappa shape index (κ2) is 5.81. The maximum Gasteiger partial charge on any atom is 0.234 e. The molecule has 4 N–H and O–H groups in total. The first-order valence-corrected chi connectivity index (χ1v) is 7.28. The summed E-state index contributed by atoms with van der Waals surface area (Å²) in [6.07, 6.45) is 1.76. The Balaban J connectivity index is 2.10. The molecule has 0 radical (unpaired) electrons. The van der Waals surface area contributed by atoms with Gasteiger partial charge in [-0.15, -0.1) is 0 Å². The molecule has 2 aliphatic rings. The van der Waals surface area contributed by atoms with Gasteiger partial charge >= 0.3 is 0 Å². The van der Waals surface area contributed by atoms with Crippen LogP contribution >= 0.6 is 0 Å². The first-order chi connectivity index (χ1) is 9.88. The molecule has 1 aliphatic heterocycles. The van der Waals surface area contributed by atoms with Crippen LogP contribution in [0.1, 0.15) is 33.1 Å². The van der Waals surface area contributed by atoms with Gasteiger partial charge in [-0.25, -0.2) is 0 Å². The molecule has 1 heterocycles. The third-order valence-electron chi connectivity index (χ3n) is 5.15. The molecule has 2 fully saturated rings. The number of nitrogens with zero attached hydrogens (tertiary/aromatic N) is 1. The molecular weight excluding hydrogens is 274 g/mol. The molecule has 1 saturated heterocycles. The highest BCUT2D eigenvalue weighted by Gasteiger charge is 2.52. The van der Waals surface area contributed by atoms with Crippen LogP contribution in [0.3, 0.4) is 0 Å². The lowest BCUT2D eigenvalue weighted by Crippen LogP contribution is -2.65. The molecule has 7 nitrogen and oxygen atoms in total. The molecule has 2 unspecified atom stereocenters. The van der Waals surface area contributed by atoms with Crippen LogP contribution in [-0.4, -0.2) is 49.4 Å². The van der Waals surface area contributed by atoms with Gasteiger partial charge in [0.2, 0.25) is 5.91 Å². The zero-order valence-electron chi connectivity index (χ0n) is 12.9. The van der Waals surface area contributed by atoms with Crippen LogP contribution in [0.25, 0.3) is 0 Å². The predicted molar refractivity (Wildman–Crippen MR) is 77.0 cm³/mol. The quantitative estimate of drug-likeness (QED) is 0.303. The van der Waals surface area contributed by atoms with Crippen LogP contribution < -0.4 is 11.1 Å². The van der Waals surface area contributed by atoms with Gasteiger partial charge in [-0.05, 0) is 19.3 Å². The number of carbonyl (C=O) groups excluding carboxylic acids is 1. The average Bonchev–Trinajstić information content (AvgIpc) is 2.50. The Kier molecular flexibility index (Phi) is 4.43. The highest BCUT2D eigenvalue weighted by molar-refractivity contribution is 6.07. The molecule has 0 bridgehead atoms. The number of nitrogens with one attached hydrogen (secondary N) is 1. The standard InChI is InChI=1S/C14H25N3O4/c1-13(2)9(8-10(13)20-3)16-12(18)14(11(15)17-19)4-6-21-7-5-14/h9-10,19H,4-8H2,1-3H3,(H2,15,17)(H,16,18). The predicted octanol–water partition coefficient (Wildman–Crippen LogP) is 0.459. The van der Waals surface area contributed by atoms with Crippen molar-refractivity contribution in [1.82, 2.24) is 5.32 Å². The summed E-state index contributed by atoms with van der Waals surface area (Å²) in [5.74, 6) is -0.225. The molecule has 0 aromatic heterocycles. The summed E-state index contributed by atoms with van der Waals surface area (Å²) < 4.78 is 10.7. The fourth-order valence-electron chi connectivity index (χ4n) is 3.24. The van der Waals surface area contributed by atoms with Crippen molar-refractivity contribution in [2.45, 2.75) is 45.3 Å². The van der Waals surface area contributed by atoms with Crippen LogP contribution in [0.4, 0.5) is 0 Å². The zero-order valence-corrected chi connectivity index (χ0v) is 12.9. The summed E-state index contributed by atoms with van der Waals surface area (Å²) in [5.41, 5.74) is 4.70. The highest BCUT2D eigenvalue weighted by atomic mass is 16.5. The largest absolute Gasteiger partial charge is 0.409 e. The Morgan fingerprint density at radius 1 is 1.43 bits per heavy atom. The Bertz CT molecular complexity index is 430. The number of methoxy groups -OCH3 is 1. The van der Waals surface area contributed by atoms with E-state index < -0.39 is 5.41 Å². The maximum atomic E-state index is 12.7. The molecule has 1 aliphatic carbocycles. The Hall–Kier alpha value is -1.34. The van der Waals surface area contributed by atoms with Gasteiger partial charge in [0.1, 0.15) is 5.41 Å². The van der Waals surface area contributed by atoms with E-state index in [1.807, 2.05) is 0 Å². The van der Waals surface area contributed by atoms with Gasteiger partial charge in [-0.1, -0.05) is 19.0 Å². The Morgan fingerprint density at radius 3 is 2.52 bits per heavy atom. The Labute approximate surface area is 124 Å². The SMILES string of the molecule is COC1CC(NC(=O)C2(C(N)=NO)CCOCC2)C1(C)C. The van der Waals surface area contributed by atoms with Crippen LogP contribution in [-0.2, 0) is 14.3 Å². The van der Waals surface area contributed by atoms with Gasteiger partial charge in [-0.3, -0.25) is 4.79 Å². The van der Waals surface area contributed by atoms with Gasteiger partial charge in [-0.2, -0.15) is 0 Å². The minimum absolute atomic E-state index is 0.0289. The summed E-state index contributed by atoms with van der Waals surface area (Å²) in [4.78, 5) is 12.7. The smallest absolute Gasteiger partial charge is 0.234 e. The third kappa shape index (κ3) is 2.60.